The van der Waals surface area contributed by atoms with Gasteiger partial charge in [0.25, 0.3) is 0 Å². The Balaban J connectivity index is 2.09. The third-order valence-electron chi connectivity index (χ3n) is 3.72. The molecule has 2 N–H and O–H groups in total. The maximum atomic E-state index is 6.11. The summed E-state index contributed by atoms with van der Waals surface area (Å²) >= 11 is 6.01. The Bertz CT molecular complexity index is 397. The first kappa shape index (κ1) is 13.7. The molecule has 0 amide bonds. The minimum atomic E-state index is -0.0544. The van der Waals surface area contributed by atoms with Crippen molar-refractivity contribution in [2.24, 2.45) is 11.7 Å². The van der Waals surface area contributed by atoms with Gasteiger partial charge >= 0.3 is 0 Å². The van der Waals surface area contributed by atoms with Crippen molar-refractivity contribution >= 4 is 11.6 Å². The number of ether oxygens (including phenoxy) is 1. The van der Waals surface area contributed by atoms with Crippen LogP contribution >= 0.6 is 11.6 Å². The number of hydrogen-bond donors (Lipinski definition) is 1. The van der Waals surface area contributed by atoms with E-state index in [-0.39, 0.29) is 6.04 Å². The van der Waals surface area contributed by atoms with Crippen LogP contribution in [-0.4, -0.2) is 6.10 Å². The first-order chi connectivity index (χ1) is 8.56. The molecule has 2 rings (SSSR count). The third-order valence-corrected chi connectivity index (χ3v) is 3.95. The van der Waals surface area contributed by atoms with E-state index in [9.17, 15) is 0 Å². The lowest BCUT2D eigenvalue weighted by molar-refractivity contribution is 0.134. The van der Waals surface area contributed by atoms with Crippen LogP contribution in [0.15, 0.2) is 18.2 Å². The molecule has 100 valence electrons. The monoisotopic (exact) mass is 267 g/mol. The van der Waals surface area contributed by atoms with Crippen molar-refractivity contribution in [1.82, 2.24) is 0 Å². The summed E-state index contributed by atoms with van der Waals surface area (Å²) in [6.45, 7) is 4.27. The van der Waals surface area contributed by atoms with Gasteiger partial charge in [-0.2, -0.15) is 0 Å². The molecule has 1 saturated carbocycles. The summed E-state index contributed by atoms with van der Waals surface area (Å²) in [6.07, 6.45) is 5.13. The predicted molar refractivity (Wildman–Crippen MR) is 76.1 cm³/mol. The van der Waals surface area contributed by atoms with Crippen molar-refractivity contribution in [1.29, 1.82) is 0 Å². The molecule has 0 saturated heterocycles. The molecule has 0 aromatic heterocycles. The van der Waals surface area contributed by atoms with E-state index in [0.717, 1.165) is 30.1 Å². The molecule has 1 aliphatic carbocycles. The fraction of sp³-hybridized carbons (Fsp3) is 0.600. The summed E-state index contributed by atoms with van der Waals surface area (Å²) in [6, 6.07) is 5.67. The average Bonchev–Trinajstić information content (AvgIpc) is 2.34. The standard InChI is InChI=1S/C15H22ClNO/c1-10-3-6-13(7-4-10)18-15-8-5-12(16)9-14(15)11(2)17/h5,8-11,13H,3-4,6-7,17H2,1-2H3/t10?,11-,13?/m0/s1. The summed E-state index contributed by atoms with van der Waals surface area (Å²) in [5, 5.41) is 0.715. The fourth-order valence-corrected chi connectivity index (χ4v) is 2.69. The normalized spacial score (nSPS) is 25.8. The maximum absolute atomic E-state index is 6.11. The van der Waals surface area contributed by atoms with Crippen LogP contribution in [0.5, 0.6) is 5.75 Å². The van der Waals surface area contributed by atoms with Crippen LogP contribution in [0, 0.1) is 5.92 Å². The molecule has 0 bridgehead atoms. The zero-order valence-corrected chi connectivity index (χ0v) is 11.9. The van der Waals surface area contributed by atoms with E-state index in [2.05, 4.69) is 6.92 Å². The van der Waals surface area contributed by atoms with Crippen molar-refractivity contribution in [3.8, 4) is 5.75 Å². The molecular weight excluding hydrogens is 246 g/mol. The number of halogens is 1. The molecule has 1 aliphatic rings. The zero-order chi connectivity index (χ0) is 13.1. The number of rotatable bonds is 3. The topological polar surface area (TPSA) is 35.2 Å². The molecule has 1 aromatic rings. The summed E-state index contributed by atoms with van der Waals surface area (Å²) in [5.41, 5.74) is 6.97. The molecule has 18 heavy (non-hydrogen) atoms. The Morgan fingerprint density at radius 1 is 1.28 bits per heavy atom. The minimum absolute atomic E-state index is 0.0544. The molecule has 1 atom stereocenters. The van der Waals surface area contributed by atoms with Crippen molar-refractivity contribution < 1.29 is 4.74 Å². The van der Waals surface area contributed by atoms with Crippen molar-refractivity contribution in [2.45, 2.75) is 51.7 Å². The quantitative estimate of drug-likeness (QED) is 0.885. The molecule has 0 heterocycles. The van der Waals surface area contributed by atoms with Gasteiger partial charge in [-0.1, -0.05) is 18.5 Å². The largest absolute Gasteiger partial charge is 0.490 e. The second kappa shape index (κ2) is 5.94. The van der Waals surface area contributed by atoms with Gasteiger partial charge in [0.15, 0.2) is 0 Å². The van der Waals surface area contributed by atoms with Gasteiger partial charge < -0.3 is 10.5 Å². The van der Waals surface area contributed by atoms with Crippen LogP contribution in [0.2, 0.25) is 5.02 Å². The Hall–Kier alpha value is -0.730. The Morgan fingerprint density at radius 3 is 2.56 bits per heavy atom. The molecule has 0 aliphatic heterocycles. The summed E-state index contributed by atoms with van der Waals surface area (Å²) < 4.78 is 6.11. The fourth-order valence-electron chi connectivity index (χ4n) is 2.51. The number of nitrogens with two attached hydrogens (primary N) is 1. The van der Waals surface area contributed by atoms with Crippen molar-refractivity contribution in [3.05, 3.63) is 28.8 Å². The van der Waals surface area contributed by atoms with Crippen LogP contribution < -0.4 is 10.5 Å². The second-order valence-electron chi connectivity index (χ2n) is 5.47. The molecule has 0 spiro atoms. The van der Waals surface area contributed by atoms with E-state index in [1.807, 2.05) is 25.1 Å². The average molecular weight is 268 g/mol. The van der Waals surface area contributed by atoms with Gasteiger partial charge in [0.2, 0.25) is 0 Å². The van der Waals surface area contributed by atoms with Crippen LogP contribution in [0.3, 0.4) is 0 Å². The van der Waals surface area contributed by atoms with Crippen LogP contribution in [0.25, 0.3) is 0 Å². The number of benzene rings is 1. The van der Waals surface area contributed by atoms with Gasteiger partial charge in [-0.25, -0.2) is 0 Å². The van der Waals surface area contributed by atoms with Gasteiger partial charge in [0.05, 0.1) is 6.10 Å². The maximum Gasteiger partial charge on any atom is 0.124 e. The highest BCUT2D eigenvalue weighted by Gasteiger charge is 2.21. The first-order valence-corrected chi connectivity index (χ1v) is 7.15. The first-order valence-electron chi connectivity index (χ1n) is 6.78. The van der Waals surface area contributed by atoms with E-state index in [1.54, 1.807) is 0 Å². The highest BCUT2D eigenvalue weighted by atomic mass is 35.5. The molecule has 2 nitrogen and oxygen atoms in total. The van der Waals surface area contributed by atoms with Crippen LogP contribution in [0.1, 0.15) is 51.1 Å². The molecule has 0 unspecified atom stereocenters. The third kappa shape index (κ3) is 3.39. The molecule has 3 heteroatoms. The summed E-state index contributed by atoms with van der Waals surface area (Å²) in [5.74, 6) is 1.73. The van der Waals surface area contributed by atoms with E-state index in [4.69, 9.17) is 22.1 Å². The molecule has 1 fully saturated rings. The van der Waals surface area contributed by atoms with Gasteiger partial charge in [-0.15, -0.1) is 0 Å². The van der Waals surface area contributed by atoms with Gasteiger partial charge in [-0.05, 0) is 56.7 Å². The van der Waals surface area contributed by atoms with Gasteiger partial charge in [-0.3, -0.25) is 0 Å². The lowest BCUT2D eigenvalue weighted by Gasteiger charge is -2.28. The highest BCUT2D eigenvalue weighted by molar-refractivity contribution is 6.30. The summed E-state index contributed by atoms with van der Waals surface area (Å²) in [4.78, 5) is 0. The van der Waals surface area contributed by atoms with E-state index in [0.29, 0.717) is 11.1 Å². The Morgan fingerprint density at radius 2 is 1.94 bits per heavy atom. The van der Waals surface area contributed by atoms with Crippen LogP contribution in [0.4, 0.5) is 0 Å². The smallest absolute Gasteiger partial charge is 0.124 e. The SMILES string of the molecule is CC1CCC(Oc2ccc(Cl)cc2[C@H](C)N)CC1. The lowest BCUT2D eigenvalue weighted by atomic mass is 9.89. The van der Waals surface area contributed by atoms with E-state index < -0.39 is 0 Å². The highest BCUT2D eigenvalue weighted by Crippen LogP contribution is 2.32. The predicted octanol–water partition coefficient (Wildman–Crippen LogP) is 4.32. The number of hydrogen-bond acceptors (Lipinski definition) is 2. The van der Waals surface area contributed by atoms with E-state index >= 15 is 0 Å². The lowest BCUT2D eigenvalue weighted by Crippen LogP contribution is -2.24. The van der Waals surface area contributed by atoms with Crippen LogP contribution in [-0.2, 0) is 0 Å². The summed E-state index contributed by atoms with van der Waals surface area (Å²) in [7, 11) is 0. The zero-order valence-electron chi connectivity index (χ0n) is 11.2. The second-order valence-corrected chi connectivity index (χ2v) is 5.91. The Kier molecular flexibility index (Phi) is 4.52. The Labute approximate surface area is 114 Å². The molecule has 1 aromatic carbocycles. The van der Waals surface area contributed by atoms with Crippen molar-refractivity contribution in [3.63, 3.8) is 0 Å². The van der Waals surface area contributed by atoms with Gasteiger partial charge in [0.1, 0.15) is 5.75 Å². The van der Waals surface area contributed by atoms with Crippen molar-refractivity contribution in [2.75, 3.05) is 0 Å². The molecule has 0 radical (unpaired) electrons. The van der Waals surface area contributed by atoms with E-state index in [1.165, 1.54) is 12.8 Å². The molecular formula is C15H22ClNO. The van der Waals surface area contributed by atoms with Gasteiger partial charge in [0, 0.05) is 16.6 Å². The minimum Gasteiger partial charge on any atom is -0.490 e.